The Labute approximate surface area is 122 Å². The van der Waals surface area contributed by atoms with Gasteiger partial charge in [-0.1, -0.05) is 43.7 Å². The minimum atomic E-state index is -0.0835. The van der Waals surface area contributed by atoms with E-state index in [1.165, 1.54) is 19.3 Å². The van der Waals surface area contributed by atoms with Crippen molar-refractivity contribution >= 4 is 5.91 Å². The smallest absolute Gasteiger partial charge is 0.227 e. The van der Waals surface area contributed by atoms with Crippen molar-refractivity contribution in [1.82, 2.24) is 10.6 Å². The molecule has 1 aromatic rings. The molecule has 20 heavy (non-hydrogen) atoms. The van der Waals surface area contributed by atoms with E-state index in [1.54, 1.807) is 0 Å². The van der Waals surface area contributed by atoms with Gasteiger partial charge < -0.3 is 10.6 Å². The Hall–Kier alpha value is -1.35. The number of piperidine rings is 1. The second kappa shape index (κ2) is 7.44. The van der Waals surface area contributed by atoms with Crippen LogP contribution < -0.4 is 10.6 Å². The molecule has 0 aromatic heterocycles. The van der Waals surface area contributed by atoms with Crippen LogP contribution in [0.5, 0.6) is 0 Å². The van der Waals surface area contributed by atoms with Gasteiger partial charge in [0.15, 0.2) is 0 Å². The van der Waals surface area contributed by atoms with Crippen molar-refractivity contribution in [3.05, 3.63) is 35.9 Å². The van der Waals surface area contributed by atoms with Crippen molar-refractivity contribution < 1.29 is 4.79 Å². The van der Waals surface area contributed by atoms with Crippen molar-refractivity contribution in [3.8, 4) is 0 Å². The normalized spacial score (nSPS) is 24.1. The maximum atomic E-state index is 12.2. The van der Waals surface area contributed by atoms with Crippen LogP contribution in [0.4, 0.5) is 0 Å². The predicted octanol–water partition coefficient (Wildman–Crippen LogP) is 2.68. The molecule has 1 fully saturated rings. The Morgan fingerprint density at radius 1 is 1.40 bits per heavy atom. The van der Waals surface area contributed by atoms with E-state index >= 15 is 0 Å². The number of nitrogens with one attached hydrogen (secondary N) is 2. The van der Waals surface area contributed by atoms with Crippen LogP contribution in [-0.4, -0.2) is 25.0 Å². The number of benzene rings is 1. The number of carbonyl (C=O) groups excluding carboxylic acids is 1. The largest absolute Gasteiger partial charge is 0.354 e. The third-order valence-corrected chi connectivity index (χ3v) is 4.44. The van der Waals surface area contributed by atoms with E-state index in [0.29, 0.717) is 12.0 Å². The zero-order valence-electron chi connectivity index (χ0n) is 12.6. The summed E-state index contributed by atoms with van der Waals surface area (Å²) in [5.41, 5.74) is 1.08. The molecule has 1 saturated heterocycles. The average molecular weight is 274 g/mol. The lowest BCUT2D eigenvalue weighted by molar-refractivity contribution is -0.122. The third-order valence-electron chi connectivity index (χ3n) is 4.44. The molecule has 2 N–H and O–H groups in total. The van der Waals surface area contributed by atoms with Crippen LogP contribution in [0, 0.1) is 5.92 Å². The van der Waals surface area contributed by atoms with Crippen molar-refractivity contribution in [2.24, 2.45) is 5.92 Å². The van der Waals surface area contributed by atoms with Gasteiger partial charge in [-0.2, -0.15) is 0 Å². The predicted molar refractivity (Wildman–Crippen MR) is 82.7 cm³/mol. The highest BCUT2D eigenvalue weighted by Crippen LogP contribution is 2.20. The standard InChI is InChI=1S/C17H26N2O/c1-3-14-10-7-11-18-16(14)12-19-17(20)13(2)15-8-5-4-6-9-15/h4-6,8-9,13-14,16,18H,3,7,10-12H2,1-2H3,(H,19,20). The fraction of sp³-hybridized carbons (Fsp3) is 0.588. The summed E-state index contributed by atoms with van der Waals surface area (Å²) in [6.07, 6.45) is 3.71. The van der Waals surface area contributed by atoms with E-state index in [9.17, 15) is 4.79 Å². The molecule has 1 aliphatic heterocycles. The molecule has 3 heteroatoms. The molecule has 110 valence electrons. The molecule has 0 radical (unpaired) electrons. The van der Waals surface area contributed by atoms with Gasteiger partial charge in [0.2, 0.25) is 5.91 Å². The van der Waals surface area contributed by atoms with Crippen LogP contribution in [-0.2, 0) is 4.79 Å². The Balaban J connectivity index is 1.85. The summed E-state index contributed by atoms with van der Waals surface area (Å²) in [6, 6.07) is 10.4. The van der Waals surface area contributed by atoms with Gasteiger partial charge in [-0.3, -0.25) is 4.79 Å². The maximum Gasteiger partial charge on any atom is 0.227 e. The fourth-order valence-corrected chi connectivity index (χ4v) is 3.00. The summed E-state index contributed by atoms with van der Waals surface area (Å²) < 4.78 is 0. The first-order valence-corrected chi connectivity index (χ1v) is 7.78. The zero-order valence-corrected chi connectivity index (χ0v) is 12.6. The average Bonchev–Trinajstić information content (AvgIpc) is 2.53. The van der Waals surface area contributed by atoms with Crippen molar-refractivity contribution in [3.63, 3.8) is 0 Å². The highest BCUT2D eigenvalue weighted by atomic mass is 16.1. The van der Waals surface area contributed by atoms with Gasteiger partial charge in [-0.05, 0) is 37.8 Å². The lowest BCUT2D eigenvalue weighted by Gasteiger charge is -2.32. The first kappa shape index (κ1) is 15.0. The summed E-state index contributed by atoms with van der Waals surface area (Å²) in [7, 11) is 0. The van der Waals surface area contributed by atoms with Crippen LogP contribution >= 0.6 is 0 Å². The van der Waals surface area contributed by atoms with Crippen LogP contribution in [0.25, 0.3) is 0 Å². The van der Waals surface area contributed by atoms with Gasteiger partial charge in [0.1, 0.15) is 0 Å². The van der Waals surface area contributed by atoms with Gasteiger partial charge in [-0.25, -0.2) is 0 Å². The lowest BCUT2D eigenvalue weighted by Crippen LogP contribution is -2.49. The highest BCUT2D eigenvalue weighted by molar-refractivity contribution is 5.83. The molecular formula is C17H26N2O. The SMILES string of the molecule is CCC1CCCNC1CNC(=O)C(C)c1ccccc1. The van der Waals surface area contributed by atoms with Crippen molar-refractivity contribution in [1.29, 1.82) is 0 Å². The fourth-order valence-electron chi connectivity index (χ4n) is 3.00. The molecule has 2 rings (SSSR count). The monoisotopic (exact) mass is 274 g/mol. The topological polar surface area (TPSA) is 41.1 Å². The Kier molecular flexibility index (Phi) is 5.60. The van der Waals surface area contributed by atoms with E-state index in [4.69, 9.17) is 0 Å². The number of amides is 1. The quantitative estimate of drug-likeness (QED) is 0.867. The number of carbonyl (C=O) groups is 1. The lowest BCUT2D eigenvalue weighted by atomic mass is 9.88. The first-order valence-electron chi connectivity index (χ1n) is 7.78. The van der Waals surface area contributed by atoms with Gasteiger partial charge in [-0.15, -0.1) is 0 Å². The van der Waals surface area contributed by atoms with Crippen molar-refractivity contribution in [2.75, 3.05) is 13.1 Å². The minimum Gasteiger partial charge on any atom is -0.354 e. The second-order valence-electron chi connectivity index (χ2n) is 5.75. The molecular weight excluding hydrogens is 248 g/mol. The Morgan fingerprint density at radius 2 is 2.15 bits per heavy atom. The summed E-state index contributed by atoms with van der Waals surface area (Å²) in [5.74, 6) is 0.731. The van der Waals surface area contributed by atoms with Crippen LogP contribution in [0.15, 0.2) is 30.3 Å². The molecule has 3 nitrogen and oxygen atoms in total. The Morgan fingerprint density at radius 3 is 2.85 bits per heavy atom. The van der Waals surface area contributed by atoms with E-state index in [2.05, 4.69) is 17.6 Å². The highest BCUT2D eigenvalue weighted by Gasteiger charge is 2.24. The van der Waals surface area contributed by atoms with Gasteiger partial charge >= 0.3 is 0 Å². The van der Waals surface area contributed by atoms with Crippen LogP contribution in [0.1, 0.15) is 44.6 Å². The molecule has 3 unspecified atom stereocenters. The summed E-state index contributed by atoms with van der Waals surface area (Å²) >= 11 is 0. The first-order chi connectivity index (χ1) is 9.72. The van der Waals surface area contributed by atoms with E-state index in [0.717, 1.165) is 18.7 Å². The molecule has 1 aromatic carbocycles. The van der Waals surface area contributed by atoms with Crippen LogP contribution in [0.2, 0.25) is 0 Å². The molecule has 0 bridgehead atoms. The molecule has 3 atom stereocenters. The molecule has 1 aliphatic rings. The molecule has 0 saturated carbocycles. The Bertz CT molecular complexity index is 418. The second-order valence-corrected chi connectivity index (χ2v) is 5.75. The van der Waals surface area contributed by atoms with Gasteiger partial charge in [0, 0.05) is 12.6 Å². The molecule has 0 aliphatic carbocycles. The number of hydrogen-bond donors (Lipinski definition) is 2. The van der Waals surface area contributed by atoms with E-state index in [1.807, 2.05) is 37.3 Å². The number of rotatable bonds is 5. The third kappa shape index (κ3) is 3.83. The van der Waals surface area contributed by atoms with Crippen molar-refractivity contribution in [2.45, 2.75) is 45.1 Å². The minimum absolute atomic E-state index is 0.0835. The van der Waals surface area contributed by atoms with Gasteiger partial charge in [0.05, 0.1) is 5.92 Å². The van der Waals surface area contributed by atoms with E-state index < -0.39 is 0 Å². The zero-order chi connectivity index (χ0) is 14.4. The maximum absolute atomic E-state index is 12.2. The van der Waals surface area contributed by atoms with Crippen LogP contribution in [0.3, 0.4) is 0 Å². The summed E-state index contributed by atoms with van der Waals surface area (Å²) in [6.45, 7) is 6.02. The molecule has 1 heterocycles. The van der Waals surface area contributed by atoms with E-state index in [-0.39, 0.29) is 11.8 Å². The summed E-state index contributed by atoms with van der Waals surface area (Å²) in [4.78, 5) is 12.2. The molecule has 0 spiro atoms. The number of hydrogen-bond acceptors (Lipinski definition) is 2. The summed E-state index contributed by atoms with van der Waals surface area (Å²) in [5, 5.41) is 6.65. The molecule has 1 amide bonds. The van der Waals surface area contributed by atoms with Gasteiger partial charge in [0.25, 0.3) is 0 Å².